The van der Waals surface area contributed by atoms with Crippen LogP contribution in [0.1, 0.15) is 26.2 Å². The second-order valence-corrected chi connectivity index (χ2v) is 3.51. The van der Waals surface area contributed by atoms with E-state index in [0.717, 1.165) is 0 Å². The van der Waals surface area contributed by atoms with E-state index in [9.17, 15) is 13.6 Å². The van der Waals surface area contributed by atoms with Crippen molar-refractivity contribution >= 4 is 5.97 Å². The van der Waals surface area contributed by atoms with Crippen molar-refractivity contribution in [3.63, 3.8) is 0 Å². The highest BCUT2D eigenvalue weighted by Crippen LogP contribution is 2.37. The van der Waals surface area contributed by atoms with E-state index in [4.69, 9.17) is 5.11 Å². The van der Waals surface area contributed by atoms with Crippen molar-refractivity contribution in [2.45, 2.75) is 38.2 Å². The lowest BCUT2D eigenvalue weighted by Gasteiger charge is -2.31. The molecule has 2 unspecified atom stereocenters. The summed E-state index contributed by atoms with van der Waals surface area (Å²) in [6.07, 6.45) is -1.99. The highest BCUT2D eigenvalue weighted by molar-refractivity contribution is 5.72. The molecule has 0 aromatic carbocycles. The van der Waals surface area contributed by atoms with Crippen LogP contribution in [-0.2, 0) is 9.53 Å². The Balaban J connectivity index is 2.55. The van der Waals surface area contributed by atoms with Gasteiger partial charge in [-0.25, -0.2) is 8.78 Å². The van der Waals surface area contributed by atoms with E-state index in [0.29, 0.717) is 0 Å². The summed E-state index contributed by atoms with van der Waals surface area (Å²) in [4.78, 5) is 11.2. The summed E-state index contributed by atoms with van der Waals surface area (Å²) in [5.41, 5.74) is 0. The Morgan fingerprint density at radius 2 is 2.21 bits per heavy atom. The van der Waals surface area contributed by atoms with Crippen LogP contribution in [0.3, 0.4) is 0 Å². The number of ether oxygens (including phenoxy) is 1. The number of hydrogen-bond donors (Lipinski definition) is 1. The maximum Gasteiger partial charge on any atom is 0.309 e. The van der Waals surface area contributed by atoms with E-state index >= 15 is 0 Å². The van der Waals surface area contributed by atoms with Crippen molar-refractivity contribution in [2.24, 2.45) is 5.92 Å². The molecule has 0 bridgehead atoms. The van der Waals surface area contributed by atoms with Crippen molar-refractivity contribution in [1.82, 2.24) is 0 Å². The van der Waals surface area contributed by atoms with Gasteiger partial charge in [-0.05, 0) is 19.8 Å². The lowest BCUT2D eigenvalue weighted by Crippen LogP contribution is -2.42. The number of aliphatic hydroxyl groups excluding tert-OH is 1. The molecule has 0 saturated heterocycles. The first-order valence-corrected chi connectivity index (χ1v) is 4.70. The van der Waals surface area contributed by atoms with Gasteiger partial charge in [0, 0.05) is 6.42 Å². The molecule has 1 aliphatic carbocycles. The van der Waals surface area contributed by atoms with Crippen molar-refractivity contribution < 1.29 is 23.4 Å². The van der Waals surface area contributed by atoms with Gasteiger partial charge in [0.1, 0.15) is 6.10 Å². The lowest BCUT2D eigenvalue weighted by molar-refractivity contribution is -0.170. The largest absolute Gasteiger partial charge is 0.466 e. The Morgan fingerprint density at radius 1 is 1.57 bits per heavy atom. The highest BCUT2D eigenvalue weighted by Gasteiger charge is 2.46. The fourth-order valence-electron chi connectivity index (χ4n) is 1.60. The molecule has 82 valence electrons. The number of aliphatic hydroxyl groups is 1. The van der Waals surface area contributed by atoms with Crippen LogP contribution in [0.5, 0.6) is 0 Å². The third kappa shape index (κ3) is 2.41. The molecule has 0 radical (unpaired) electrons. The number of alkyl halides is 2. The Kier molecular flexibility index (Phi) is 3.42. The van der Waals surface area contributed by atoms with Gasteiger partial charge >= 0.3 is 5.97 Å². The van der Waals surface area contributed by atoms with Crippen molar-refractivity contribution in [2.75, 3.05) is 6.61 Å². The van der Waals surface area contributed by atoms with Gasteiger partial charge in [0.15, 0.2) is 0 Å². The average molecular weight is 208 g/mol. The highest BCUT2D eigenvalue weighted by atomic mass is 19.3. The van der Waals surface area contributed by atoms with Gasteiger partial charge in [-0.15, -0.1) is 0 Å². The SMILES string of the molecule is CCOC(=O)C1CCC(O)C(F)(F)C1. The zero-order valence-electron chi connectivity index (χ0n) is 8.00. The molecule has 2 atom stereocenters. The molecule has 0 amide bonds. The monoisotopic (exact) mass is 208 g/mol. The van der Waals surface area contributed by atoms with Gasteiger partial charge < -0.3 is 9.84 Å². The minimum atomic E-state index is -3.16. The summed E-state index contributed by atoms with van der Waals surface area (Å²) in [7, 11) is 0. The first-order valence-electron chi connectivity index (χ1n) is 4.70. The maximum atomic E-state index is 13.0. The van der Waals surface area contributed by atoms with Gasteiger partial charge in [0.2, 0.25) is 0 Å². The van der Waals surface area contributed by atoms with Gasteiger partial charge in [-0.2, -0.15) is 0 Å². The molecule has 0 aromatic rings. The summed E-state index contributed by atoms with van der Waals surface area (Å²) in [6.45, 7) is 1.83. The zero-order chi connectivity index (χ0) is 10.8. The van der Waals surface area contributed by atoms with E-state index in [2.05, 4.69) is 4.74 Å². The Bertz CT molecular complexity index is 218. The fourth-order valence-corrected chi connectivity index (χ4v) is 1.60. The van der Waals surface area contributed by atoms with E-state index in [1.165, 1.54) is 0 Å². The molecule has 1 saturated carbocycles. The summed E-state index contributed by atoms with van der Waals surface area (Å²) >= 11 is 0. The van der Waals surface area contributed by atoms with Crippen LogP contribution in [-0.4, -0.2) is 29.7 Å². The van der Waals surface area contributed by atoms with Gasteiger partial charge in [-0.1, -0.05) is 0 Å². The zero-order valence-corrected chi connectivity index (χ0v) is 8.00. The minimum Gasteiger partial charge on any atom is -0.466 e. The second kappa shape index (κ2) is 4.21. The summed E-state index contributed by atoms with van der Waals surface area (Å²) in [6, 6.07) is 0. The van der Waals surface area contributed by atoms with Crippen LogP contribution in [0.15, 0.2) is 0 Å². The standard InChI is InChI=1S/C9H14F2O3/c1-2-14-8(13)6-3-4-7(12)9(10,11)5-6/h6-7,12H,2-5H2,1H3. The Labute approximate surface area is 81.1 Å². The summed E-state index contributed by atoms with van der Waals surface area (Å²) < 4.78 is 30.6. The molecule has 0 aliphatic heterocycles. The number of halogens is 2. The normalized spacial score (nSPS) is 31.1. The van der Waals surface area contributed by atoms with Crippen LogP contribution >= 0.6 is 0 Å². The van der Waals surface area contributed by atoms with Crippen LogP contribution < -0.4 is 0 Å². The molecule has 14 heavy (non-hydrogen) atoms. The van der Waals surface area contributed by atoms with E-state index < -0.39 is 30.3 Å². The molecule has 0 aromatic heterocycles. The minimum absolute atomic E-state index is 0.0452. The molecule has 1 rings (SSSR count). The predicted molar refractivity (Wildman–Crippen MR) is 44.9 cm³/mol. The molecular formula is C9H14F2O3. The summed E-state index contributed by atoms with van der Waals surface area (Å²) in [5.74, 6) is -4.51. The van der Waals surface area contributed by atoms with Gasteiger partial charge in [-0.3, -0.25) is 4.79 Å². The third-order valence-corrected chi connectivity index (χ3v) is 2.41. The number of carbonyl (C=O) groups excluding carboxylic acids is 1. The number of rotatable bonds is 2. The van der Waals surface area contributed by atoms with Gasteiger partial charge in [0.25, 0.3) is 5.92 Å². The van der Waals surface area contributed by atoms with E-state index in [1.54, 1.807) is 6.92 Å². The molecule has 0 spiro atoms. The quantitative estimate of drug-likeness (QED) is 0.697. The van der Waals surface area contributed by atoms with Crippen LogP contribution in [0.25, 0.3) is 0 Å². The van der Waals surface area contributed by atoms with E-state index in [1.807, 2.05) is 0 Å². The van der Waals surface area contributed by atoms with Crippen LogP contribution in [0.4, 0.5) is 8.78 Å². The molecule has 1 N–H and O–H groups in total. The van der Waals surface area contributed by atoms with Gasteiger partial charge in [0.05, 0.1) is 12.5 Å². The maximum absolute atomic E-state index is 13.0. The topological polar surface area (TPSA) is 46.5 Å². The molecule has 1 aliphatic rings. The van der Waals surface area contributed by atoms with Crippen molar-refractivity contribution in [3.8, 4) is 0 Å². The molecule has 0 heterocycles. The molecule has 1 fully saturated rings. The molecule has 5 heteroatoms. The summed E-state index contributed by atoms with van der Waals surface area (Å²) in [5, 5.41) is 8.96. The fraction of sp³-hybridized carbons (Fsp3) is 0.889. The predicted octanol–water partition coefficient (Wildman–Crippen LogP) is 1.35. The van der Waals surface area contributed by atoms with Crippen LogP contribution in [0.2, 0.25) is 0 Å². The number of esters is 1. The van der Waals surface area contributed by atoms with Crippen molar-refractivity contribution in [3.05, 3.63) is 0 Å². The molecule has 3 nitrogen and oxygen atoms in total. The first kappa shape index (κ1) is 11.4. The Morgan fingerprint density at radius 3 is 2.71 bits per heavy atom. The lowest BCUT2D eigenvalue weighted by atomic mass is 9.85. The number of carbonyl (C=O) groups is 1. The third-order valence-electron chi connectivity index (χ3n) is 2.41. The number of hydrogen-bond acceptors (Lipinski definition) is 3. The van der Waals surface area contributed by atoms with Crippen LogP contribution in [0, 0.1) is 5.92 Å². The first-order chi connectivity index (χ1) is 6.47. The molecular weight excluding hydrogens is 194 g/mol. The van der Waals surface area contributed by atoms with Crippen molar-refractivity contribution in [1.29, 1.82) is 0 Å². The second-order valence-electron chi connectivity index (χ2n) is 3.51. The average Bonchev–Trinajstić information content (AvgIpc) is 2.10. The smallest absolute Gasteiger partial charge is 0.309 e. The van der Waals surface area contributed by atoms with E-state index in [-0.39, 0.29) is 19.4 Å². The Hall–Kier alpha value is -0.710.